The first-order chi connectivity index (χ1) is 17.4. The number of hydrogen-bond acceptors (Lipinski definition) is 6. The van der Waals surface area contributed by atoms with E-state index in [-0.39, 0.29) is 5.75 Å². The second-order valence-electron chi connectivity index (χ2n) is 7.48. The minimum absolute atomic E-state index is 0.220. The Balaban J connectivity index is 1.42. The first kappa shape index (κ1) is 24.6. The highest BCUT2D eigenvalue weighted by Gasteiger charge is 2.15. The molecule has 0 bridgehead atoms. The second kappa shape index (κ2) is 11.3. The standard InChI is InChI=1S/C27H20BrN3O5/c1-35-21-12-9-18(10-13-21)27(34)36-24-14-11-20(28)15-19(24)16-29-31-26(33)25(32)30-23-8-4-6-17-5-2-3-7-22(17)23/h2-16H,1H3,(H,30,32)(H,31,33)/b29-16+. The molecular weight excluding hydrogens is 526 g/mol. The van der Waals surface area contributed by atoms with Gasteiger partial charge in [-0.3, -0.25) is 9.59 Å². The number of carbonyl (C=O) groups excluding carboxylic acids is 3. The van der Waals surface area contributed by atoms with Crippen LogP contribution in [-0.4, -0.2) is 31.1 Å². The van der Waals surface area contributed by atoms with E-state index in [1.165, 1.54) is 13.3 Å². The van der Waals surface area contributed by atoms with E-state index in [2.05, 4.69) is 31.8 Å². The van der Waals surface area contributed by atoms with Gasteiger partial charge in [-0.1, -0.05) is 52.3 Å². The highest BCUT2D eigenvalue weighted by molar-refractivity contribution is 9.10. The van der Waals surface area contributed by atoms with Gasteiger partial charge in [-0.25, -0.2) is 10.2 Å². The normalized spacial score (nSPS) is 10.7. The van der Waals surface area contributed by atoms with Crippen LogP contribution >= 0.6 is 15.9 Å². The van der Waals surface area contributed by atoms with Crippen LogP contribution in [0.5, 0.6) is 11.5 Å². The van der Waals surface area contributed by atoms with Gasteiger partial charge < -0.3 is 14.8 Å². The molecule has 4 aromatic carbocycles. The summed E-state index contributed by atoms with van der Waals surface area (Å²) in [4.78, 5) is 37.2. The molecule has 0 fully saturated rings. The Bertz CT molecular complexity index is 1460. The van der Waals surface area contributed by atoms with Crippen molar-refractivity contribution in [3.63, 3.8) is 0 Å². The van der Waals surface area contributed by atoms with Crippen molar-refractivity contribution in [1.82, 2.24) is 5.43 Å². The van der Waals surface area contributed by atoms with Gasteiger partial charge in [0, 0.05) is 21.1 Å². The van der Waals surface area contributed by atoms with Crippen LogP contribution in [-0.2, 0) is 9.59 Å². The van der Waals surface area contributed by atoms with Crippen LogP contribution in [0.25, 0.3) is 10.8 Å². The fourth-order valence-corrected chi connectivity index (χ4v) is 3.70. The molecule has 8 nitrogen and oxygen atoms in total. The number of hydrogen-bond donors (Lipinski definition) is 2. The minimum atomic E-state index is -0.953. The van der Waals surface area contributed by atoms with Crippen LogP contribution in [0.1, 0.15) is 15.9 Å². The molecule has 0 aromatic heterocycles. The van der Waals surface area contributed by atoms with Crippen molar-refractivity contribution in [3.8, 4) is 11.5 Å². The SMILES string of the molecule is COc1ccc(C(=O)Oc2ccc(Br)cc2/C=N/NC(=O)C(=O)Nc2cccc3ccccc23)cc1. The molecule has 4 aromatic rings. The number of esters is 1. The van der Waals surface area contributed by atoms with Crippen LogP contribution < -0.4 is 20.2 Å². The molecule has 0 saturated carbocycles. The van der Waals surface area contributed by atoms with E-state index < -0.39 is 17.8 Å². The summed E-state index contributed by atoms with van der Waals surface area (Å²) in [5.41, 5.74) is 3.44. The quantitative estimate of drug-likeness (QED) is 0.117. The molecule has 180 valence electrons. The first-order valence-electron chi connectivity index (χ1n) is 10.7. The fourth-order valence-electron chi connectivity index (χ4n) is 3.32. The lowest BCUT2D eigenvalue weighted by molar-refractivity contribution is -0.136. The molecule has 0 radical (unpaired) electrons. The van der Waals surface area contributed by atoms with Gasteiger partial charge in [0.2, 0.25) is 0 Å². The predicted molar refractivity (Wildman–Crippen MR) is 140 cm³/mol. The van der Waals surface area contributed by atoms with Crippen LogP contribution in [0.15, 0.2) is 94.5 Å². The van der Waals surface area contributed by atoms with E-state index in [0.717, 1.165) is 10.8 Å². The number of hydrazone groups is 1. The fraction of sp³-hybridized carbons (Fsp3) is 0.0370. The summed E-state index contributed by atoms with van der Waals surface area (Å²) in [6.45, 7) is 0. The summed E-state index contributed by atoms with van der Waals surface area (Å²) >= 11 is 3.36. The lowest BCUT2D eigenvalue weighted by atomic mass is 10.1. The van der Waals surface area contributed by atoms with E-state index in [1.54, 1.807) is 54.6 Å². The van der Waals surface area contributed by atoms with E-state index >= 15 is 0 Å². The number of methoxy groups -OCH3 is 1. The van der Waals surface area contributed by atoms with Gasteiger partial charge in [0.15, 0.2) is 0 Å². The second-order valence-corrected chi connectivity index (χ2v) is 8.40. The first-order valence-corrected chi connectivity index (χ1v) is 11.5. The molecule has 0 unspecified atom stereocenters. The maximum Gasteiger partial charge on any atom is 0.343 e. The lowest BCUT2D eigenvalue weighted by Crippen LogP contribution is -2.32. The van der Waals surface area contributed by atoms with Gasteiger partial charge in [-0.05, 0) is 53.9 Å². The highest BCUT2D eigenvalue weighted by atomic mass is 79.9. The maximum atomic E-state index is 12.5. The summed E-state index contributed by atoms with van der Waals surface area (Å²) in [6, 6.07) is 24.3. The summed E-state index contributed by atoms with van der Waals surface area (Å²) in [6.07, 6.45) is 1.28. The Labute approximate surface area is 215 Å². The van der Waals surface area contributed by atoms with Gasteiger partial charge in [0.25, 0.3) is 0 Å². The van der Waals surface area contributed by atoms with Crippen LogP contribution in [0.3, 0.4) is 0 Å². The number of rotatable bonds is 6. The van der Waals surface area contributed by atoms with Gasteiger partial charge in [-0.2, -0.15) is 5.10 Å². The summed E-state index contributed by atoms with van der Waals surface area (Å²) in [5, 5.41) is 8.19. The Kier molecular flexibility index (Phi) is 7.72. The van der Waals surface area contributed by atoms with Crippen molar-refractivity contribution in [2.45, 2.75) is 0 Å². The monoisotopic (exact) mass is 545 g/mol. The summed E-state index contributed by atoms with van der Waals surface area (Å²) in [5.74, 6) is -1.57. The number of amides is 2. The molecule has 0 spiro atoms. The molecule has 0 aliphatic rings. The Hall–Kier alpha value is -4.50. The molecule has 9 heteroatoms. The molecule has 4 rings (SSSR count). The zero-order valence-corrected chi connectivity index (χ0v) is 20.6. The molecule has 2 amide bonds. The van der Waals surface area contributed by atoms with Crippen molar-refractivity contribution in [2.75, 3.05) is 12.4 Å². The van der Waals surface area contributed by atoms with Crippen molar-refractivity contribution >= 4 is 56.4 Å². The van der Waals surface area contributed by atoms with Crippen LogP contribution in [0, 0.1) is 0 Å². The summed E-state index contributed by atoms with van der Waals surface area (Å²) < 4.78 is 11.3. The van der Waals surface area contributed by atoms with Crippen molar-refractivity contribution in [2.24, 2.45) is 5.10 Å². The summed E-state index contributed by atoms with van der Waals surface area (Å²) in [7, 11) is 1.53. The number of nitrogens with zero attached hydrogens (tertiary/aromatic N) is 1. The molecular formula is C27H20BrN3O5. The number of ether oxygens (including phenoxy) is 2. The average Bonchev–Trinajstić information content (AvgIpc) is 2.90. The van der Waals surface area contributed by atoms with E-state index in [4.69, 9.17) is 9.47 Å². The van der Waals surface area contributed by atoms with Gasteiger partial charge in [0.1, 0.15) is 11.5 Å². The number of anilines is 1. The number of halogens is 1. The smallest absolute Gasteiger partial charge is 0.343 e. The predicted octanol–water partition coefficient (Wildman–Crippen LogP) is 4.92. The Morgan fingerprint density at radius 2 is 1.64 bits per heavy atom. The van der Waals surface area contributed by atoms with Crippen molar-refractivity contribution in [3.05, 3.63) is 101 Å². The molecule has 36 heavy (non-hydrogen) atoms. The van der Waals surface area contributed by atoms with E-state index in [9.17, 15) is 14.4 Å². The maximum absolute atomic E-state index is 12.5. The molecule has 0 aliphatic carbocycles. The van der Waals surface area contributed by atoms with E-state index in [0.29, 0.717) is 27.0 Å². The third-order valence-electron chi connectivity index (χ3n) is 5.11. The Morgan fingerprint density at radius 1 is 0.889 bits per heavy atom. The highest BCUT2D eigenvalue weighted by Crippen LogP contribution is 2.24. The lowest BCUT2D eigenvalue weighted by Gasteiger charge is -2.09. The molecule has 0 saturated heterocycles. The van der Waals surface area contributed by atoms with Crippen molar-refractivity contribution in [1.29, 1.82) is 0 Å². The van der Waals surface area contributed by atoms with Gasteiger partial charge in [0.05, 0.1) is 18.9 Å². The topological polar surface area (TPSA) is 106 Å². The molecule has 0 heterocycles. The molecule has 0 atom stereocenters. The van der Waals surface area contributed by atoms with Gasteiger partial charge in [-0.15, -0.1) is 0 Å². The Morgan fingerprint density at radius 3 is 2.42 bits per heavy atom. The van der Waals surface area contributed by atoms with Crippen molar-refractivity contribution < 1.29 is 23.9 Å². The third kappa shape index (κ3) is 5.94. The van der Waals surface area contributed by atoms with Crippen LogP contribution in [0.4, 0.5) is 5.69 Å². The number of nitrogens with one attached hydrogen (secondary N) is 2. The minimum Gasteiger partial charge on any atom is -0.497 e. The average molecular weight is 546 g/mol. The number of carbonyl (C=O) groups is 3. The third-order valence-corrected chi connectivity index (χ3v) is 5.61. The zero-order valence-electron chi connectivity index (χ0n) is 19.0. The molecule has 2 N–H and O–H groups in total. The van der Waals surface area contributed by atoms with Crippen LogP contribution in [0.2, 0.25) is 0 Å². The number of fused-ring (bicyclic) bond motifs is 1. The van der Waals surface area contributed by atoms with Gasteiger partial charge >= 0.3 is 17.8 Å². The zero-order chi connectivity index (χ0) is 25.5. The number of benzene rings is 4. The largest absolute Gasteiger partial charge is 0.497 e. The molecule has 0 aliphatic heterocycles. The van der Waals surface area contributed by atoms with E-state index in [1.807, 2.05) is 30.3 Å².